The van der Waals surface area contributed by atoms with Gasteiger partial charge in [-0.3, -0.25) is 9.69 Å². The third-order valence-electron chi connectivity index (χ3n) is 4.57. The Morgan fingerprint density at radius 3 is 2.44 bits per heavy atom. The van der Waals surface area contributed by atoms with E-state index >= 15 is 0 Å². The first kappa shape index (κ1) is 18.0. The lowest BCUT2D eigenvalue weighted by molar-refractivity contribution is -0.117. The van der Waals surface area contributed by atoms with Gasteiger partial charge in [-0.15, -0.1) is 0 Å². The van der Waals surface area contributed by atoms with Crippen LogP contribution in [0.5, 0.6) is 0 Å². The molecule has 4 nitrogen and oxygen atoms in total. The SMILES string of the molecule is Cc1ccc(N2CCN(CC(=O)Nc3ccc(Br)cc3)CC2C)cc1. The summed E-state index contributed by atoms with van der Waals surface area (Å²) in [5.41, 5.74) is 3.37. The first-order valence-corrected chi connectivity index (χ1v) is 9.41. The number of halogens is 1. The number of aryl methyl sites for hydroxylation is 1. The molecule has 1 heterocycles. The van der Waals surface area contributed by atoms with E-state index in [2.05, 4.69) is 69.2 Å². The number of nitrogens with one attached hydrogen (secondary N) is 1. The van der Waals surface area contributed by atoms with E-state index in [-0.39, 0.29) is 5.91 Å². The highest BCUT2D eigenvalue weighted by Crippen LogP contribution is 2.21. The summed E-state index contributed by atoms with van der Waals surface area (Å²) in [6.45, 7) is 7.49. The molecule has 1 saturated heterocycles. The molecule has 2 aromatic rings. The van der Waals surface area contributed by atoms with Crippen LogP contribution in [0, 0.1) is 6.92 Å². The predicted molar refractivity (Wildman–Crippen MR) is 107 cm³/mol. The Labute approximate surface area is 158 Å². The van der Waals surface area contributed by atoms with Gasteiger partial charge in [-0.25, -0.2) is 0 Å². The topological polar surface area (TPSA) is 35.6 Å². The maximum atomic E-state index is 12.3. The van der Waals surface area contributed by atoms with Gasteiger partial charge in [0.05, 0.1) is 6.54 Å². The molecule has 132 valence electrons. The van der Waals surface area contributed by atoms with Crippen molar-refractivity contribution in [1.29, 1.82) is 0 Å². The van der Waals surface area contributed by atoms with Gasteiger partial charge in [0.25, 0.3) is 0 Å². The second kappa shape index (κ2) is 8.02. The van der Waals surface area contributed by atoms with Gasteiger partial charge in [0.1, 0.15) is 0 Å². The number of carbonyl (C=O) groups is 1. The van der Waals surface area contributed by atoms with Gasteiger partial charge < -0.3 is 10.2 Å². The fraction of sp³-hybridized carbons (Fsp3) is 0.350. The number of rotatable bonds is 4. The van der Waals surface area contributed by atoms with Gasteiger partial charge in [0, 0.05) is 41.5 Å². The van der Waals surface area contributed by atoms with Crippen molar-refractivity contribution in [2.24, 2.45) is 0 Å². The summed E-state index contributed by atoms with van der Waals surface area (Å²) < 4.78 is 1.01. The Balaban J connectivity index is 1.53. The molecule has 0 aliphatic carbocycles. The van der Waals surface area contributed by atoms with Crippen LogP contribution in [-0.2, 0) is 4.79 Å². The molecule has 1 aliphatic rings. The number of amides is 1. The molecule has 3 rings (SSSR count). The highest BCUT2D eigenvalue weighted by Gasteiger charge is 2.25. The molecule has 0 aromatic heterocycles. The van der Waals surface area contributed by atoms with Crippen molar-refractivity contribution in [1.82, 2.24) is 4.90 Å². The summed E-state index contributed by atoms with van der Waals surface area (Å²) in [5, 5.41) is 2.97. The Morgan fingerprint density at radius 1 is 1.12 bits per heavy atom. The normalized spacial score (nSPS) is 18.2. The standard InChI is InChI=1S/C20H24BrN3O/c1-15-3-9-19(10-4-15)24-12-11-23(13-16(24)2)14-20(25)22-18-7-5-17(21)6-8-18/h3-10,16H,11-14H2,1-2H3,(H,22,25). The summed E-state index contributed by atoms with van der Waals surface area (Å²) in [5.74, 6) is 0.0401. The molecule has 2 aromatic carbocycles. The van der Waals surface area contributed by atoms with E-state index in [4.69, 9.17) is 0 Å². The summed E-state index contributed by atoms with van der Waals surface area (Å²) in [4.78, 5) is 16.9. The van der Waals surface area contributed by atoms with Crippen molar-refractivity contribution >= 4 is 33.2 Å². The maximum Gasteiger partial charge on any atom is 0.238 e. The molecule has 1 atom stereocenters. The number of carbonyl (C=O) groups excluding carboxylic acids is 1. The maximum absolute atomic E-state index is 12.3. The van der Waals surface area contributed by atoms with E-state index in [9.17, 15) is 4.79 Å². The van der Waals surface area contributed by atoms with E-state index in [1.54, 1.807) is 0 Å². The quantitative estimate of drug-likeness (QED) is 0.843. The molecule has 0 spiro atoms. The van der Waals surface area contributed by atoms with Crippen LogP contribution >= 0.6 is 15.9 Å². The Kier molecular flexibility index (Phi) is 5.76. The number of benzene rings is 2. The lowest BCUT2D eigenvalue weighted by Crippen LogP contribution is -2.53. The minimum atomic E-state index is 0.0401. The molecule has 0 radical (unpaired) electrons. The van der Waals surface area contributed by atoms with Gasteiger partial charge in [-0.05, 0) is 50.2 Å². The van der Waals surface area contributed by atoms with E-state index in [0.29, 0.717) is 12.6 Å². The van der Waals surface area contributed by atoms with E-state index in [1.807, 2.05) is 24.3 Å². The van der Waals surface area contributed by atoms with Crippen LogP contribution < -0.4 is 10.2 Å². The molecule has 0 bridgehead atoms. The minimum Gasteiger partial charge on any atom is -0.366 e. The molecule has 1 amide bonds. The lowest BCUT2D eigenvalue weighted by Gasteiger charge is -2.41. The van der Waals surface area contributed by atoms with Crippen molar-refractivity contribution in [2.45, 2.75) is 19.9 Å². The number of piperazine rings is 1. The molecule has 5 heteroatoms. The van der Waals surface area contributed by atoms with Crippen LogP contribution in [0.2, 0.25) is 0 Å². The first-order chi connectivity index (χ1) is 12.0. The predicted octanol–water partition coefficient (Wildman–Crippen LogP) is 3.91. The fourth-order valence-electron chi connectivity index (χ4n) is 3.23. The number of hydrogen-bond donors (Lipinski definition) is 1. The number of anilines is 2. The third-order valence-corrected chi connectivity index (χ3v) is 5.10. The van der Waals surface area contributed by atoms with Crippen LogP contribution in [0.3, 0.4) is 0 Å². The zero-order valence-corrected chi connectivity index (χ0v) is 16.3. The monoisotopic (exact) mass is 401 g/mol. The second-order valence-electron chi connectivity index (χ2n) is 6.67. The molecule has 25 heavy (non-hydrogen) atoms. The summed E-state index contributed by atoms with van der Waals surface area (Å²) in [6, 6.07) is 16.7. The van der Waals surface area contributed by atoms with Crippen molar-refractivity contribution in [2.75, 3.05) is 36.4 Å². The molecule has 1 N–H and O–H groups in total. The van der Waals surface area contributed by atoms with Crippen molar-refractivity contribution < 1.29 is 4.79 Å². The Bertz CT molecular complexity index is 715. The van der Waals surface area contributed by atoms with Gasteiger partial charge in [0.15, 0.2) is 0 Å². The smallest absolute Gasteiger partial charge is 0.238 e. The Morgan fingerprint density at radius 2 is 1.80 bits per heavy atom. The molecule has 0 saturated carbocycles. The van der Waals surface area contributed by atoms with Gasteiger partial charge >= 0.3 is 0 Å². The first-order valence-electron chi connectivity index (χ1n) is 8.62. The van der Waals surface area contributed by atoms with Crippen LogP contribution in [0.25, 0.3) is 0 Å². The zero-order valence-electron chi connectivity index (χ0n) is 14.7. The largest absolute Gasteiger partial charge is 0.366 e. The molecular formula is C20H24BrN3O. The molecular weight excluding hydrogens is 378 g/mol. The lowest BCUT2D eigenvalue weighted by atomic mass is 10.1. The highest BCUT2D eigenvalue weighted by atomic mass is 79.9. The van der Waals surface area contributed by atoms with E-state index < -0.39 is 0 Å². The van der Waals surface area contributed by atoms with Gasteiger partial charge in [-0.1, -0.05) is 33.6 Å². The summed E-state index contributed by atoms with van der Waals surface area (Å²) >= 11 is 3.40. The molecule has 1 unspecified atom stereocenters. The average molecular weight is 402 g/mol. The van der Waals surface area contributed by atoms with Crippen LogP contribution in [0.1, 0.15) is 12.5 Å². The van der Waals surface area contributed by atoms with Crippen molar-refractivity contribution in [3.63, 3.8) is 0 Å². The van der Waals surface area contributed by atoms with Crippen molar-refractivity contribution in [3.8, 4) is 0 Å². The van der Waals surface area contributed by atoms with Crippen LogP contribution in [0.15, 0.2) is 53.0 Å². The number of hydrogen-bond acceptors (Lipinski definition) is 3. The average Bonchev–Trinajstić information content (AvgIpc) is 2.58. The van der Waals surface area contributed by atoms with Crippen LogP contribution in [0.4, 0.5) is 11.4 Å². The van der Waals surface area contributed by atoms with Crippen molar-refractivity contribution in [3.05, 3.63) is 58.6 Å². The Hall–Kier alpha value is -1.85. The zero-order chi connectivity index (χ0) is 17.8. The van der Waals surface area contributed by atoms with E-state index in [1.165, 1.54) is 11.3 Å². The van der Waals surface area contributed by atoms with Crippen LogP contribution in [-0.4, -0.2) is 43.0 Å². The summed E-state index contributed by atoms with van der Waals surface area (Å²) in [6.07, 6.45) is 0. The third kappa shape index (κ3) is 4.83. The minimum absolute atomic E-state index is 0.0401. The number of nitrogens with zero attached hydrogens (tertiary/aromatic N) is 2. The highest BCUT2D eigenvalue weighted by molar-refractivity contribution is 9.10. The molecule has 1 aliphatic heterocycles. The fourth-order valence-corrected chi connectivity index (χ4v) is 3.50. The van der Waals surface area contributed by atoms with Gasteiger partial charge in [0.2, 0.25) is 5.91 Å². The summed E-state index contributed by atoms with van der Waals surface area (Å²) in [7, 11) is 0. The second-order valence-corrected chi connectivity index (χ2v) is 7.58. The van der Waals surface area contributed by atoms with E-state index in [0.717, 1.165) is 29.8 Å². The molecule has 1 fully saturated rings. The van der Waals surface area contributed by atoms with Gasteiger partial charge in [-0.2, -0.15) is 0 Å².